The number of rotatable bonds is 4. The molecule has 112 valence electrons. The van der Waals surface area contributed by atoms with Crippen LogP contribution < -0.4 is 0 Å². The van der Waals surface area contributed by atoms with Gasteiger partial charge in [-0.3, -0.25) is 4.98 Å². The summed E-state index contributed by atoms with van der Waals surface area (Å²) in [6.07, 6.45) is 5.22. The minimum Gasteiger partial charge on any atom is -0.255 e. The highest BCUT2D eigenvalue weighted by Crippen LogP contribution is 2.16. The van der Waals surface area contributed by atoms with E-state index in [-0.39, 0.29) is 0 Å². The van der Waals surface area contributed by atoms with Crippen molar-refractivity contribution in [2.75, 3.05) is 0 Å². The van der Waals surface area contributed by atoms with E-state index in [4.69, 9.17) is 0 Å². The van der Waals surface area contributed by atoms with Crippen molar-refractivity contribution in [3.8, 4) is 11.4 Å². The Labute approximate surface area is 133 Å². The highest BCUT2D eigenvalue weighted by Gasteiger charge is 2.10. The Morgan fingerprint density at radius 2 is 1.65 bits per heavy atom. The smallest absolute Gasteiger partial charge is 0.252 e. The lowest BCUT2D eigenvalue weighted by Crippen LogP contribution is -1.98. The fraction of sp³-hybridized carbons (Fsp3) is 0.111. The molecule has 4 aromatic rings. The number of aromatic nitrogens is 5. The Kier molecular flexibility index (Phi) is 3.52. The van der Waals surface area contributed by atoms with Crippen LogP contribution in [0.15, 0.2) is 67.0 Å². The van der Waals surface area contributed by atoms with Crippen LogP contribution in [-0.4, -0.2) is 24.6 Å². The van der Waals surface area contributed by atoms with Crippen LogP contribution in [0.2, 0.25) is 0 Å². The Balaban J connectivity index is 1.66. The SMILES string of the molecule is c1ccc(CCc2nc3nccc(-c4ccccn4)n3n2)cc1. The van der Waals surface area contributed by atoms with Gasteiger partial charge in [0.15, 0.2) is 5.82 Å². The lowest BCUT2D eigenvalue weighted by Gasteiger charge is -2.01. The Bertz CT molecular complexity index is 916. The molecular weight excluding hydrogens is 286 g/mol. The van der Waals surface area contributed by atoms with Crippen molar-refractivity contribution in [1.29, 1.82) is 0 Å². The van der Waals surface area contributed by atoms with Gasteiger partial charge in [0.25, 0.3) is 5.78 Å². The first kappa shape index (κ1) is 13.6. The van der Waals surface area contributed by atoms with Crippen molar-refractivity contribution in [2.45, 2.75) is 12.8 Å². The molecule has 0 spiro atoms. The van der Waals surface area contributed by atoms with Gasteiger partial charge in [-0.2, -0.15) is 9.50 Å². The zero-order valence-corrected chi connectivity index (χ0v) is 12.5. The maximum Gasteiger partial charge on any atom is 0.252 e. The van der Waals surface area contributed by atoms with Gasteiger partial charge >= 0.3 is 0 Å². The molecule has 0 amide bonds. The molecule has 0 bridgehead atoms. The van der Waals surface area contributed by atoms with Crippen molar-refractivity contribution in [3.63, 3.8) is 0 Å². The number of nitrogens with zero attached hydrogens (tertiary/aromatic N) is 5. The van der Waals surface area contributed by atoms with E-state index in [0.29, 0.717) is 5.78 Å². The van der Waals surface area contributed by atoms with Gasteiger partial charge in [-0.1, -0.05) is 36.4 Å². The van der Waals surface area contributed by atoms with Crippen LogP contribution in [0.25, 0.3) is 17.2 Å². The molecule has 0 fully saturated rings. The van der Waals surface area contributed by atoms with Gasteiger partial charge < -0.3 is 0 Å². The number of benzene rings is 1. The predicted molar refractivity (Wildman–Crippen MR) is 87.9 cm³/mol. The standard InChI is InChI=1S/C18H15N5/c1-2-6-14(7-3-1)9-10-17-21-18-20-13-11-16(23(18)22-17)15-8-4-5-12-19-15/h1-8,11-13H,9-10H2. The summed E-state index contributed by atoms with van der Waals surface area (Å²) in [5, 5.41) is 4.61. The average Bonchev–Trinajstić information content (AvgIpc) is 3.04. The van der Waals surface area contributed by atoms with E-state index < -0.39 is 0 Å². The molecule has 0 N–H and O–H groups in total. The molecule has 4 rings (SSSR count). The average molecular weight is 301 g/mol. The van der Waals surface area contributed by atoms with Gasteiger partial charge in [-0.25, -0.2) is 4.98 Å². The third-order valence-corrected chi connectivity index (χ3v) is 3.69. The van der Waals surface area contributed by atoms with Crippen LogP contribution in [0.1, 0.15) is 11.4 Å². The Hall–Kier alpha value is -3.08. The summed E-state index contributed by atoms with van der Waals surface area (Å²) in [5.41, 5.74) is 3.04. The molecule has 5 nitrogen and oxygen atoms in total. The third kappa shape index (κ3) is 2.81. The third-order valence-electron chi connectivity index (χ3n) is 3.69. The molecular formula is C18H15N5. The number of aryl methyl sites for hydroxylation is 2. The van der Waals surface area contributed by atoms with Crippen LogP contribution in [0.3, 0.4) is 0 Å². The zero-order valence-electron chi connectivity index (χ0n) is 12.5. The summed E-state index contributed by atoms with van der Waals surface area (Å²) in [5.74, 6) is 1.40. The molecule has 0 aliphatic heterocycles. The minimum absolute atomic E-state index is 0.608. The molecule has 0 saturated carbocycles. The Morgan fingerprint density at radius 3 is 2.48 bits per heavy atom. The summed E-state index contributed by atoms with van der Waals surface area (Å²) < 4.78 is 1.77. The van der Waals surface area contributed by atoms with E-state index >= 15 is 0 Å². The van der Waals surface area contributed by atoms with Gasteiger partial charge in [-0.15, -0.1) is 5.10 Å². The second-order valence-electron chi connectivity index (χ2n) is 5.27. The van der Waals surface area contributed by atoms with Gasteiger partial charge in [0.2, 0.25) is 0 Å². The molecule has 0 radical (unpaired) electrons. The lowest BCUT2D eigenvalue weighted by atomic mass is 10.1. The first-order valence-corrected chi connectivity index (χ1v) is 7.56. The molecule has 3 heterocycles. The van der Waals surface area contributed by atoms with Gasteiger partial charge in [0, 0.05) is 18.8 Å². The largest absolute Gasteiger partial charge is 0.255 e. The molecule has 0 aliphatic carbocycles. The van der Waals surface area contributed by atoms with E-state index in [1.807, 2.05) is 42.5 Å². The highest BCUT2D eigenvalue weighted by atomic mass is 15.3. The van der Waals surface area contributed by atoms with Crippen molar-refractivity contribution in [3.05, 3.63) is 78.4 Å². The molecule has 5 heteroatoms. The topological polar surface area (TPSA) is 56.0 Å². The molecule has 23 heavy (non-hydrogen) atoms. The second kappa shape index (κ2) is 5.96. The molecule has 3 aromatic heterocycles. The lowest BCUT2D eigenvalue weighted by molar-refractivity contribution is 0.836. The van der Waals surface area contributed by atoms with Crippen LogP contribution in [0.5, 0.6) is 0 Å². The maximum absolute atomic E-state index is 4.61. The van der Waals surface area contributed by atoms with Crippen LogP contribution >= 0.6 is 0 Å². The normalized spacial score (nSPS) is 11.0. The van der Waals surface area contributed by atoms with Crippen LogP contribution in [-0.2, 0) is 12.8 Å². The first-order valence-electron chi connectivity index (χ1n) is 7.56. The van der Waals surface area contributed by atoms with E-state index in [9.17, 15) is 0 Å². The summed E-state index contributed by atoms with van der Waals surface area (Å²) in [6.45, 7) is 0. The van der Waals surface area contributed by atoms with E-state index in [2.05, 4.69) is 32.2 Å². The summed E-state index contributed by atoms with van der Waals surface area (Å²) in [6, 6.07) is 18.1. The molecule has 0 unspecified atom stereocenters. The maximum atomic E-state index is 4.61. The second-order valence-corrected chi connectivity index (χ2v) is 5.27. The quantitative estimate of drug-likeness (QED) is 0.581. The van der Waals surface area contributed by atoms with Crippen LogP contribution in [0, 0.1) is 0 Å². The van der Waals surface area contributed by atoms with Crippen molar-refractivity contribution in [2.24, 2.45) is 0 Å². The van der Waals surface area contributed by atoms with Crippen molar-refractivity contribution in [1.82, 2.24) is 24.6 Å². The number of hydrogen-bond donors (Lipinski definition) is 0. The predicted octanol–water partition coefficient (Wildman–Crippen LogP) is 2.97. The molecule has 1 aromatic carbocycles. The fourth-order valence-corrected chi connectivity index (χ4v) is 2.55. The number of pyridine rings is 1. The van der Waals surface area contributed by atoms with E-state index in [1.54, 1.807) is 16.9 Å². The zero-order chi connectivity index (χ0) is 15.5. The fourth-order valence-electron chi connectivity index (χ4n) is 2.55. The number of hydrogen-bond acceptors (Lipinski definition) is 4. The van der Waals surface area contributed by atoms with Gasteiger partial charge in [0.05, 0.1) is 11.4 Å². The van der Waals surface area contributed by atoms with E-state index in [1.165, 1.54) is 5.56 Å². The number of fused-ring (bicyclic) bond motifs is 1. The van der Waals surface area contributed by atoms with Gasteiger partial charge in [-0.05, 0) is 30.2 Å². The van der Waals surface area contributed by atoms with Crippen molar-refractivity contribution < 1.29 is 0 Å². The first-order chi connectivity index (χ1) is 11.4. The van der Waals surface area contributed by atoms with Gasteiger partial charge in [0.1, 0.15) is 0 Å². The molecule has 0 atom stereocenters. The summed E-state index contributed by atoms with van der Waals surface area (Å²) in [4.78, 5) is 13.2. The summed E-state index contributed by atoms with van der Waals surface area (Å²) in [7, 11) is 0. The Morgan fingerprint density at radius 1 is 0.783 bits per heavy atom. The molecule has 0 saturated heterocycles. The molecule has 0 aliphatic rings. The monoisotopic (exact) mass is 301 g/mol. The minimum atomic E-state index is 0.608. The van der Waals surface area contributed by atoms with Crippen LogP contribution in [0.4, 0.5) is 0 Å². The van der Waals surface area contributed by atoms with Crippen molar-refractivity contribution >= 4 is 5.78 Å². The highest BCUT2D eigenvalue weighted by molar-refractivity contribution is 5.56. The summed E-state index contributed by atoms with van der Waals surface area (Å²) >= 11 is 0. The van der Waals surface area contributed by atoms with E-state index in [0.717, 1.165) is 30.1 Å².